The van der Waals surface area contributed by atoms with Gasteiger partial charge in [0.2, 0.25) is 5.91 Å². The summed E-state index contributed by atoms with van der Waals surface area (Å²) in [5.74, 6) is -0.305. The van der Waals surface area contributed by atoms with Gasteiger partial charge in [-0.3, -0.25) is 4.79 Å². The molecule has 1 unspecified atom stereocenters. The van der Waals surface area contributed by atoms with Crippen molar-refractivity contribution in [1.82, 2.24) is 0 Å². The average Bonchev–Trinajstić information content (AvgIpc) is 2.86. The normalized spacial score (nSPS) is 13.8. The lowest BCUT2D eigenvalue weighted by Gasteiger charge is -2.28. The Morgan fingerprint density at radius 2 is 1.84 bits per heavy atom. The molecule has 0 aliphatic carbocycles. The molecule has 2 N–H and O–H groups in total. The third kappa shape index (κ3) is 7.01. The number of carbonyl (C=O) groups is 2. The largest absolute Gasteiger partial charge is 0.493 e. The number of nitrogens with one attached hydrogen (secondary N) is 1. The van der Waals surface area contributed by atoms with E-state index in [1.54, 1.807) is 6.07 Å². The summed E-state index contributed by atoms with van der Waals surface area (Å²) in [4.78, 5) is 25.3. The van der Waals surface area contributed by atoms with Crippen LogP contribution >= 0.6 is 0 Å². The monoisotopic (exact) mass is 515 g/mol. The Morgan fingerprint density at radius 3 is 2.55 bits per heavy atom. The predicted octanol–water partition coefficient (Wildman–Crippen LogP) is 6.89. The van der Waals surface area contributed by atoms with Crippen LogP contribution in [0.3, 0.4) is 0 Å². The smallest absolute Gasteiger partial charge is 0.337 e. The van der Waals surface area contributed by atoms with Crippen molar-refractivity contribution in [1.29, 1.82) is 0 Å². The van der Waals surface area contributed by atoms with E-state index in [0.29, 0.717) is 24.3 Å². The second kappa shape index (κ2) is 11.8. The van der Waals surface area contributed by atoms with Crippen molar-refractivity contribution in [2.75, 3.05) is 11.9 Å². The molecular formula is C32H37NO5. The highest BCUT2D eigenvalue weighted by molar-refractivity contribution is 5.92. The summed E-state index contributed by atoms with van der Waals surface area (Å²) >= 11 is 0. The van der Waals surface area contributed by atoms with Crippen LogP contribution in [0.1, 0.15) is 68.4 Å². The lowest BCUT2D eigenvalue weighted by molar-refractivity contribution is -0.160. The molecule has 0 saturated heterocycles. The standard InChI is InChI=1S/C32H37NO5/c1-21-18-25(33-28(34)14-8-12-22-10-6-5-7-11-22)20-26(30(31(35)36)38-32(2,3)4)29(21)24-15-16-27-23(19-24)13-9-17-37-27/h5-7,10-11,15-16,18-20,30H,8-9,12-14,17H2,1-4H3,(H,33,34)(H,35,36). The first-order valence-electron chi connectivity index (χ1n) is 13.3. The third-order valence-corrected chi connectivity index (χ3v) is 6.54. The van der Waals surface area contributed by atoms with Crippen LogP contribution in [0.2, 0.25) is 0 Å². The zero-order chi connectivity index (χ0) is 27.3. The number of hydrogen-bond donors (Lipinski definition) is 2. The molecule has 1 heterocycles. The summed E-state index contributed by atoms with van der Waals surface area (Å²) in [7, 11) is 0. The molecule has 1 atom stereocenters. The Hall–Kier alpha value is -3.64. The van der Waals surface area contributed by atoms with E-state index in [9.17, 15) is 14.7 Å². The van der Waals surface area contributed by atoms with E-state index in [1.807, 2.05) is 64.1 Å². The summed E-state index contributed by atoms with van der Waals surface area (Å²) in [6, 6.07) is 19.7. The molecule has 1 aliphatic heterocycles. The van der Waals surface area contributed by atoms with Crippen LogP contribution in [0.5, 0.6) is 5.75 Å². The fourth-order valence-corrected chi connectivity index (χ4v) is 4.93. The number of carboxylic acid groups (broad SMARTS) is 1. The second-order valence-corrected chi connectivity index (χ2v) is 10.9. The molecule has 4 rings (SSSR count). The lowest BCUT2D eigenvalue weighted by atomic mass is 9.89. The van der Waals surface area contributed by atoms with Crippen molar-refractivity contribution in [3.63, 3.8) is 0 Å². The van der Waals surface area contributed by atoms with E-state index < -0.39 is 17.7 Å². The molecular weight excluding hydrogens is 478 g/mol. The zero-order valence-electron chi connectivity index (χ0n) is 22.7. The van der Waals surface area contributed by atoms with Crippen LogP contribution in [-0.2, 0) is 27.2 Å². The van der Waals surface area contributed by atoms with Gasteiger partial charge in [-0.1, -0.05) is 36.4 Å². The minimum atomic E-state index is -1.20. The number of hydrogen-bond acceptors (Lipinski definition) is 4. The fraction of sp³-hybridized carbons (Fsp3) is 0.375. The van der Waals surface area contributed by atoms with E-state index >= 15 is 0 Å². The first kappa shape index (κ1) is 27.4. The number of fused-ring (bicyclic) bond motifs is 1. The van der Waals surface area contributed by atoms with Gasteiger partial charge in [-0.15, -0.1) is 0 Å². The van der Waals surface area contributed by atoms with Gasteiger partial charge in [0.15, 0.2) is 6.10 Å². The molecule has 0 aromatic heterocycles. The van der Waals surface area contributed by atoms with Crippen molar-refractivity contribution in [3.8, 4) is 16.9 Å². The van der Waals surface area contributed by atoms with Gasteiger partial charge in [-0.25, -0.2) is 4.79 Å². The molecule has 6 heteroatoms. The van der Waals surface area contributed by atoms with Crippen molar-refractivity contribution in [3.05, 3.63) is 82.9 Å². The number of carboxylic acids is 1. The number of ether oxygens (including phenoxy) is 2. The number of carbonyl (C=O) groups excluding carboxylic acids is 1. The van der Waals surface area contributed by atoms with Gasteiger partial charge in [0.05, 0.1) is 12.2 Å². The maximum Gasteiger partial charge on any atom is 0.337 e. The van der Waals surface area contributed by atoms with Crippen LogP contribution in [0.25, 0.3) is 11.1 Å². The van der Waals surface area contributed by atoms with Gasteiger partial charge in [-0.2, -0.15) is 0 Å². The first-order valence-corrected chi connectivity index (χ1v) is 13.3. The highest BCUT2D eigenvalue weighted by atomic mass is 16.5. The molecule has 0 fully saturated rings. The van der Waals surface area contributed by atoms with Crippen molar-refractivity contribution < 1.29 is 24.2 Å². The number of rotatable bonds is 9. The number of aliphatic carboxylic acids is 1. The zero-order valence-corrected chi connectivity index (χ0v) is 22.7. The minimum absolute atomic E-state index is 0.103. The van der Waals surface area contributed by atoms with Crippen LogP contribution < -0.4 is 10.1 Å². The van der Waals surface area contributed by atoms with E-state index in [4.69, 9.17) is 9.47 Å². The SMILES string of the molecule is Cc1cc(NC(=O)CCCc2ccccc2)cc(C(OC(C)(C)C)C(=O)O)c1-c1ccc2c(c1)CCCO2. The number of aryl methyl sites for hydroxylation is 3. The lowest BCUT2D eigenvalue weighted by Crippen LogP contribution is -2.28. The Labute approximate surface area is 225 Å². The highest BCUT2D eigenvalue weighted by Gasteiger charge is 2.30. The average molecular weight is 516 g/mol. The number of benzene rings is 3. The van der Waals surface area contributed by atoms with Gasteiger partial charge >= 0.3 is 5.97 Å². The topological polar surface area (TPSA) is 84.9 Å². The van der Waals surface area contributed by atoms with Gasteiger partial charge in [0.1, 0.15) is 5.75 Å². The van der Waals surface area contributed by atoms with E-state index in [-0.39, 0.29) is 5.91 Å². The molecule has 38 heavy (non-hydrogen) atoms. The van der Waals surface area contributed by atoms with Crippen LogP contribution in [-0.4, -0.2) is 29.2 Å². The van der Waals surface area contributed by atoms with Gasteiger partial charge in [0, 0.05) is 17.7 Å². The molecule has 1 aliphatic rings. The van der Waals surface area contributed by atoms with Crippen LogP contribution in [0.15, 0.2) is 60.7 Å². The fourth-order valence-electron chi connectivity index (χ4n) is 4.93. The van der Waals surface area contributed by atoms with Crippen molar-refractivity contribution in [2.24, 2.45) is 0 Å². The molecule has 1 amide bonds. The number of amides is 1. The summed E-state index contributed by atoms with van der Waals surface area (Å²) in [6.45, 7) is 8.16. The molecule has 200 valence electrons. The van der Waals surface area contributed by atoms with Gasteiger partial charge in [-0.05, 0) is 105 Å². The molecule has 6 nitrogen and oxygen atoms in total. The van der Waals surface area contributed by atoms with Crippen LogP contribution in [0, 0.1) is 6.92 Å². The Balaban J connectivity index is 1.65. The summed E-state index contributed by atoms with van der Waals surface area (Å²) in [5.41, 5.74) is 5.28. The predicted molar refractivity (Wildman–Crippen MR) is 150 cm³/mol. The maximum absolute atomic E-state index is 12.8. The number of anilines is 1. The summed E-state index contributed by atoms with van der Waals surface area (Å²) in [6.07, 6.45) is 2.57. The van der Waals surface area contributed by atoms with Crippen molar-refractivity contribution in [2.45, 2.75) is 71.5 Å². The Bertz CT molecular complexity index is 1290. The molecule has 3 aromatic carbocycles. The van der Waals surface area contributed by atoms with E-state index in [0.717, 1.165) is 53.7 Å². The van der Waals surface area contributed by atoms with Gasteiger partial charge in [0.25, 0.3) is 0 Å². The summed E-state index contributed by atoms with van der Waals surface area (Å²) < 4.78 is 11.8. The second-order valence-electron chi connectivity index (χ2n) is 10.9. The molecule has 0 spiro atoms. The third-order valence-electron chi connectivity index (χ3n) is 6.54. The summed E-state index contributed by atoms with van der Waals surface area (Å²) in [5, 5.41) is 13.2. The first-order chi connectivity index (χ1) is 18.1. The Kier molecular flexibility index (Phi) is 8.52. The molecule has 0 bridgehead atoms. The molecule has 0 radical (unpaired) electrons. The minimum Gasteiger partial charge on any atom is -0.493 e. The van der Waals surface area contributed by atoms with Gasteiger partial charge < -0.3 is 19.9 Å². The quantitative estimate of drug-likeness (QED) is 0.324. The highest BCUT2D eigenvalue weighted by Crippen LogP contribution is 2.39. The molecule has 3 aromatic rings. The maximum atomic E-state index is 12.8. The van der Waals surface area contributed by atoms with E-state index in [2.05, 4.69) is 23.5 Å². The van der Waals surface area contributed by atoms with E-state index in [1.165, 1.54) is 5.56 Å². The Morgan fingerprint density at radius 1 is 1.08 bits per heavy atom. The van der Waals surface area contributed by atoms with Crippen LogP contribution in [0.4, 0.5) is 5.69 Å². The van der Waals surface area contributed by atoms with Crippen molar-refractivity contribution >= 4 is 17.6 Å². The molecule has 0 saturated carbocycles.